The molecule has 1 fully saturated rings. The van der Waals surface area contributed by atoms with Gasteiger partial charge in [0.2, 0.25) is 0 Å². The Labute approximate surface area is 200 Å². The second-order valence-corrected chi connectivity index (χ2v) is 9.52. The molecule has 0 atom stereocenters. The van der Waals surface area contributed by atoms with Crippen LogP contribution in [0, 0.1) is 0 Å². The standard InChI is InChI=1S/C32H39N/c1-2-11-29(17-10-9-14-25-12-5-3-6-13-25)31-23-22-30(24-32(31)33)28-20-18-27(19-21-28)26-15-7-4-8-16-26/h3,5-6,11-13,18,20-24H,2,4,7-10,14-17,19,33H2,1H3/b29-11-. The molecule has 2 aromatic rings. The number of nitrogen functional groups attached to an aromatic ring is 1. The van der Waals surface area contributed by atoms with Crippen molar-refractivity contribution in [1.82, 2.24) is 0 Å². The van der Waals surface area contributed by atoms with Crippen molar-refractivity contribution in [2.45, 2.75) is 77.6 Å². The molecule has 0 heterocycles. The molecule has 0 bridgehead atoms. The smallest absolute Gasteiger partial charge is 0.0396 e. The van der Waals surface area contributed by atoms with E-state index in [0.717, 1.165) is 31.4 Å². The number of allylic oxidation sites excluding steroid dienone is 8. The normalized spacial score (nSPS) is 16.8. The lowest BCUT2D eigenvalue weighted by Gasteiger charge is -2.19. The lowest BCUT2D eigenvalue weighted by atomic mass is 9.86. The van der Waals surface area contributed by atoms with Crippen LogP contribution in [0.2, 0.25) is 0 Å². The molecule has 2 aliphatic carbocycles. The average Bonchev–Trinajstić information content (AvgIpc) is 2.87. The van der Waals surface area contributed by atoms with Gasteiger partial charge in [0.1, 0.15) is 0 Å². The summed E-state index contributed by atoms with van der Waals surface area (Å²) in [5.41, 5.74) is 17.3. The average molecular weight is 438 g/mol. The fraction of sp³-hybridized carbons (Fsp3) is 0.375. The minimum absolute atomic E-state index is 0.904. The van der Waals surface area contributed by atoms with Gasteiger partial charge in [0.15, 0.2) is 0 Å². The largest absolute Gasteiger partial charge is 0.398 e. The number of aryl methyl sites for hydroxylation is 1. The van der Waals surface area contributed by atoms with Gasteiger partial charge in [-0.05, 0) is 98.1 Å². The van der Waals surface area contributed by atoms with Gasteiger partial charge in [0.05, 0.1) is 0 Å². The van der Waals surface area contributed by atoms with Crippen molar-refractivity contribution in [2.24, 2.45) is 0 Å². The fourth-order valence-corrected chi connectivity index (χ4v) is 5.24. The second-order valence-electron chi connectivity index (χ2n) is 9.52. The zero-order valence-electron chi connectivity index (χ0n) is 20.3. The molecule has 0 amide bonds. The topological polar surface area (TPSA) is 26.0 Å². The highest BCUT2D eigenvalue weighted by Crippen LogP contribution is 2.34. The molecule has 1 nitrogen and oxygen atoms in total. The Bertz CT molecular complexity index is 1040. The van der Waals surface area contributed by atoms with Crippen molar-refractivity contribution in [3.05, 3.63) is 101 Å². The first-order valence-electron chi connectivity index (χ1n) is 13.0. The number of hydrogen-bond acceptors (Lipinski definition) is 1. The van der Waals surface area contributed by atoms with Crippen molar-refractivity contribution >= 4 is 16.8 Å². The summed E-state index contributed by atoms with van der Waals surface area (Å²) in [7, 11) is 0. The van der Waals surface area contributed by atoms with Gasteiger partial charge in [-0.1, -0.05) is 85.7 Å². The Morgan fingerprint density at radius 3 is 2.45 bits per heavy atom. The molecule has 0 saturated heterocycles. The van der Waals surface area contributed by atoms with Crippen LogP contribution >= 0.6 is 0 Å². The van der Waals surface area contributed by atoms with Crippen LogP contribution < -0.4 is 5.73 Å². The molecule has 33 heavy (non-hydrogen) atoms. The molecule has 0 aliphatic heterocycles. The van der Waals surface area contributed by atoms with Crippen molar-refractivity contribution in [1.29, 1.82) is 0 Å². The SMILES string of the molecule is CC/C=C(/CCCCc1ccccc1)c1ccc(C2=CCC(=C3CCCCC3)C=C2)cc1N. The van der Waals surface area contributed by atoms with Gasteiger partial charge < -0.3 is 5.73 Å². The van der Waals surface area contributed by atoms with Crippen LogP contribution in [0.3, 0.4) is 0 Å². The summed E-state index contributed by atoms with van der Waals surface area (Å²) in [6.45, 7) is 2.21. The number of anilines is 1. The van der Waals surface area contributed by atoms with E-state index in [4.69, 9.17) is 5.73 Å². The highest BCUT2D eigenvalue weighted by atomic mass is 14.6. The van der Waals surface area contributed by atoms with Crippen molar-refractivity contribution in [2.75, 3.05) is 5.73 Å². The fourth-order valence-electron chi connectivity index (χ4n) is 5.24. The Hall–Kier alpha value is -2.80. The van der Waals surface area contributed by atoms with Crippen LogP contribution in [0.25, 0.3) is 11.1 Å². The third-order valence-electron chi connectivity index (χ3n) is 7.10. The lowest BCUT2D eigenvalue weighted by Crippen LogP contribution is -2.00. The lowest BCUT2D eigenvalue weighted by molar-refractivity contribution is 0.594. The zero-order valence-corrected chi connectivity index (χ0v) is 20.3. The van der Waals surface area contributed by atoms with E-state index in [1.807, 2.05) is 0 Å². The predicted molar refractivity (Wildman–Crippen MR) is 145 cm³/mol. The first kappa shape index (κ1) is 23.4. The summed E-state index contributed by atoms with van der Waals surface area (Å²) < 4.78 is 0. The Balaban J connectivity index is 1.39. The van der Waals surface area contributed by atoms with Crippen molar-refractivity contribution in [3.8, 4) is 0 Å². The predicted octanol–water partition coefficient (Wildman–Crippen LogP) is 9.08. The molecular formula is C32H39N. The van der Waals surface area contributed by atoms with Gasteiger partial charge in [0.25, 0.3) is 0 Å². The molecule has 0 spiro atoms. The Morgan fingerprint density at radius 1 is 0.939 bits per heavy atom. The summed E-state index contributed by atoms with van der Waals surface area (Å²) in [5, 5.41) is 0. The maximum atomic E-state index is 6.60. The number of hydrogen-bond donors (Lipinski definition) is 1. The van der Waals surface area contributed by atoms with E-state index in [0.29, 0.717) is 0 Å². The molecule has 4 rings (SSSR count). The summed E-state index contributed by atoms with van der Waals surface area (Å²) >= 11 is 0. The highest BCUT2D eigenvalue weighted by molar-refractivity contribution is 5.82. The molecular weight excluding hydrogens is 398 g/mol. The van der Waals surface area contributed by atoms with Gasteiger partial charge in [-0.15, -0.1) is 0 Å². The van der Waals surface area contributed by atoms with Crippen LogP contribution in [0.4, 0.5) is 5.69 Å². The van der Waals surface area contributed by atoms with E-state index in [-0.39, 0.29) is 0 Å². The number of benzene rings is 2. The molecule has 0 unspecified atom stereocenters. The first-order chi connectivity index (χ1) is 16.2. The summed E-state index contributed by atoms with van der Waals surface area (Å²) in [6, 6.07) is 17.5. The monoisotopic (exact) mass is 437 g/mol. The van der Waals surface area contributed by atoms with Crippen molar-refractivity contribution < 1.29 is 0 Å². The van der Waals surface area contributed by atoms with E-state index in [2.05, 4.69) is 79.8 Å². The van der Waals surface area contributed by atoms with Crippen LogP contribution in [0.15, 0.2) is 84.0 Å². The number of nitrogens with two attached hydrogens (primary N) is 1. The molecule has 1 heteroatoms. The Kier molecular flexibility index (Phi) is 8.41. The van der Waals surface area contributed by atoms with Gasteiger partial charge in [-0.25, -0.2) is 0 Å². The van der Waals surface area contributed by atoms with Gasteiger partial charge >= 0.3 is 0 Å². The summed E-state index contributed by atoms with van der Waals surface area (Å²) in [6.07, 6.45) is 22.8. The van der Waals surface area contributed by atoms with Crippen LogP contribution in [-0.2, 0) is 6.42 Å². The molecule has 0 aromatic heterocycles. The molecule has 172 valence electrons. The Morgan fingerprint density at radius 2 is 1.76 bits per heavy atom. The van der Waals surface area contributed by atoms with E-state index in [9.17, 15) is 0 Å². The van der Waals surface area contributed by atoms with Gasteiger partial charge in [0, 0.05) is 11.3 Å². The quantitative estimate of drug-likeness (QED) is 0.323. The number of unbranched alkanes of at least 4 members (excludes halogenated alkanes) is 1. The first-order valence-corrected chi connectivity index (χ1v) is 13.0. The minimum Gasteiger partial charge on any atom is -0.398 e. The van der Waals surface area contributed by atoms with Crippen LogP contribution in [0.5, 0.6) is 0 Å². The second kappa shape index (κ2) is 11.9. The van der Waals surface area contributed by atoms with Gasteiger partial charge in [-0.3, -0.25) is 0 Å². The van der Waals surface area contributed by atoms with Crippen LogP contribution in [0.1, 0.15) is 87.8 Å². The van der Waals surface area contributed by atoms with Crippen molar-refractivity contribution in [3.63, 3.8) is 0 Å². The number of rotatable bonds is 8. The molecule has 0 radical (unpaired) electrons. The zero-order chi connectivity index (χ0) is 22.9. The van der Waals surface area contributed by atoms with E-state index in [1.165, 1.54) is 72.8 Å². The van der Waals surface area contributed by atoms with Crippen LogP contribution in [-0.4, -0.2) is 0 Å². The third kappa shape index (κ3) is 6.38. The summed E-state index contributed by atoms with van der Waals surface area (Å²) in [4.78, 5) is 0. The van der Waals surface area contributed by atoms with E-state index >= 15 is 0 Å². The molecule has 1 saturated carbocycles. The highest BCUT2D eigenvalue weighted by Gasteiger charge is 2.13. The maximum Gasteiger partial charge on any atom is 0.0396 e. The van der Waals surface area contributed by atoms with E-state index < -0.39 is 0 Å². The maximum absolute atomic E-state index is 6.60. The molecule has 2 aliphatic rings. The van der Waals surface area contributed by atoms with E-state index in [1.54, 1.807) is 11.1 Å². The molecule has 2 N–H and O–H groups in total. The van der Waals surface area contributed by atoms with Gasteiger partial charge in [-0.2, -0.15) is 0 Å². The summed E-state index contributed by atoms with van der Waals surface area (Å²) in [5.74, 6) is 0. The minimum atomic E-state index is 0.904. The molecule has 2 aromatic carbocycles. The third-order valence-corrected chi connectivity index (χ3v) is 7.10.